The van der Waals surface area contributed by atoms with Crippen molar-refractivity contribution in [2.45, 2.75) is 18.1 Å². The van der Waals surface area contributed by atoms with E-state index in [1.807, 2.05) is 6.92 Å². The molecule has 0 saturated heterocycles. The molecule has 0 amide bonds. The lowest BCUT2D eigenvalue weighted by atomic mass is 10.4. The van der Waals surface area contributed by atoms with Gasteiger partial charge in [0.05, 0.1) is 22.8 Å². The summed E-state index contributed by atoms with van der Waals surface area (Å²) in [6, 6.07) is 1.61. The maximum absolute atomic E-state index is 9.25. The highest BCUT2D eigenvalue weighted by molar-refractivity contribution is 7.99. The number of nitrogens with zero attached hydrogens (tertiary/aromatic N) is 1. The van der Waals surface area contributed by atoms with E-state index in [0.29, 0.717) is 33.2 Å². The number of nitrogens with one attached hydrogen (secondary N) is 1. The summed E-state index contributed by atoms with van der Waals surface area (Å²) in [5.74, 6) is 0.899. The second kappa shape index (κ2) is 7.28. The third-order valence-electron chi connectivity index (χ3n) is 1.86. The molecule has 0 aromatic carbocycles. The van der Waals surface area contributed by atoms with Crippen LogP contribution in [0, 0.1) is 0 Å². The lowest BCUT2D eigenvalue weighted by Crippen LogP contribution is -2.14. The highest BCUT2D eigenvalue weighted by Crippen LogP contribution is 2.32. The Balaban J connectivity index is 2.80. The predicted octanol–water partition coefficient (Wildman–Crippen LogP) is 2.27. The number of thioether (sulfide) groups is 1. The molecule has 0 aliphatic heterocycles. The maximum Gasteiger partial charge on any atom is 0.146 e. The van der Waals surface area contributed by atoms with Crippen LogP contribution in [0.2, 0.25) is 10.0 Å². The van der Waals surface area contributed by atoms with Crippen LogP contribution in [0.25, 0.3) is 0 Å². The smallest absolute Gasteiger partial charge is 0.146 e. The van der Waals surface area contributed by atoms with Crippen molar-refractivity contribution in [2.75, 3.05) is 24.2 Å². The summed E-state index contributed by atoms with van der Waals surface area (Å²) >= 11 is 13.2. The van der Waals surface area contributed by atoms with Crippen molar-refractivity contribution in [3.63, 3.8) is 0 Å². The zero-order valence-corrected chi connectivity index (χ0v) is 11.6. The molecule has 0 saturated carbocycles. The Morgan fingerprint density at radius 1 is 1.47 bits per heavy atom. The Morgan fingerprint density at radius 2 is 2.18 bits per heavy atom. The van der Waals surface area contributed by atoms with Gasteiger partial charge in [0.25, 0.3) is 0 Å². The normalized spacial score (nSPS) is 12.5. The number of rotatable bonds is 6. The van der Waals surface area contributed by atoms with Crippen LogP contribution in [0.1, 0.15) is 6.92 Å². The molecule has 7 heteroatoms. The van der Waals surface area contributed by atoms with E-state index in [0.717, 1.165) is 0 Å². The van der Waals surface area contributed by atoms with Gasteiger partial charge in [0, 0.05) is 12.3 Å². The number of hydrogen-bond donors (Lipinski definition) is 3. The summed E-state index contributed by atoms with van der Waals surface area (Å²) in [6.07, 6.45) is -0.781. The SMILES string of the molecule is CCNc1nc(SCC(O)CO)c(Cl)cc1Cl. The van der Waals surface area contributed by atoms with Gasteiger partial charge in [-0.2, -0.15) is 0 Å². The van der Waals surface area contributed by atoms with Crippen LogP contribution in [0.3, 0.4) is 0 Å². The van der Waals surface area contributed by atoms with Crippen LogP contribution in [0.15, 0.2) is 11.1 Å². The maximum atomic E-state index is 9.25. The largest absolute Gasteiger partial charge is 0.394 e. The Labute approximate surface area is 114 Å². The van der Waals surface area contributed by atoms with Gasteiger partial charge < -0.3 is 15.5 Å². The Morgan fingerprint density at radius 3 is 2.76 bits per heavy atom. The zero-order chi connectivity index (χ0) is 12.8. The van der Waals surface area contributed by atoms with Gasteiger partial charge in [-0.15, -0.1) is 11.8 Å². The minimum absolute atomic E-state index is 0.279. The number of anilines is 1. The monoisotopic (exact) mass is 296 g/mol. The molecule has 4 nitrogen and oxygen atoms in total. The van der Waals surface area contributed by atoms with Gasteiger partial charge in [0.2, 0.25) is 0 Å². The van der Waals surface area contributed by atoms with Crippen molar-refractivity contribution >= 4 is 40.8 Å². The van der Waals surface area contributed by atoms with E-state index in [1.54, 1.807) is 6.07 Å². The van der Waals surface area contributed by atoms with Crippen LogP contribution in [0.4, 0.5) is 5.82 Å². The Hall–Kier alpha value is -0.200. The number of halogens is 2. The van der Waals surface area contributed by atoms with E-state index >= 15 is 0 Å². The molecule has 0 spiro atoms. The van der Waals surface area contributed by atoms with E-state index in [-0.39, 0.29) is 6.61 Å². The van der Waals surface area contributed by atoms with Gasteiger partial charge >= 0.3 is 0 Å². The van der Waals surface area contributed by atoms with Crippen molar-refractivity contribution in [1.29, 1.82) is 0 Å². The van der Waals surface area contributed by atoms with Crippen LogP contribution >= 0.6 is 35.0 Å². The Bertz CT molecular complexity index is 380. The lowest BCUT2D eigenvalue weighted by Gasteiger charge is -2.10. The minimum atomic E-state index is -0.781. The van der Waals surface area contributed by atoms with Crippen LogP contribution in [0.5, 0.6) is 0 Å². The molecule has 1 unspecified atom stereocenters. The molecule has 1 aromatic rings. The fraction of sp³-hybridized carbons (Fsp3) is 0.500. The molecule has 1 atom stereocenters. The van der Waals surface area contributed by atoms with Gasteiger partial charge in [-0.25, -0.2) is 4.98 Å². The quantitative estimate of drug-likeness (QED) is 0.703. The number of aliphatic hydroxyl groups is 2. The number of hydrogen-bond acceptors (Lipinski definition) is 5. The molecule has 1 rings (SSSR count). The van der Waals surface area contributed by atoms with Crippen molar-refractivity contribution in [3.05, 3.63) is 16.1 Å². The summed E-state index contributed by atoms with van der Waals surface area (Å²) < 4.78 is 0. The third-order valence-corrected chi connectivity index (χ3v) is 3.69. The Kier molecular flexibility index (Phi) is 6.37. The molecule has 0 fully saturated rings. The first-order chi connectivity index (χ1) is 8.08. The molecular formula is C10H14Cl2N2O2S. The van der Waals surface area contributed by atoms with E-state index in [4.69, 9.17) is 28.3 Å². The van der Waals surface area contributed by atoms with Crippen molar-refractivity contribution < 1.29 is 10.2 Å². The van der Waals surface area contributed by atoms with E-state index < -0.39 is 6.10 Å². The minimum Gasteiger partial charge on any atom is -0.394 e. The zero-order valence-electron chi connectivity index (χ0n) is 9.28. The number of aromatic nitrogens is 1. The molecule has 17 heavy (non-hydrogen) atoms. The molecule has 0 bridgehead atoms. The van der Waals surface area contributed by atoms with Gasteiger partial charge in [0.1, 0.15) is 10.8 Å². The summed E-state index contributed by atoms with van der Waals surface area (Å²) in [5.41, 5.74) is 0. The summed E-state index contributed by atoms with van der Waals surface area (Å²) in [7, 11) is 0. The van der Waals surface area contributed by atoms with E-state index in [1.165, 1.54) is 11.8 Å². The standard InChI is InChI=1S/C10H14Cl2N2O2S/c1-2-13-9-7(11)3-8(12)10(14-9)17-5-6(16)4-15/h3,6,15-16H,2,4-5H2,1H3,(H,13,14). The predicted molar refractivity (Wildman–Crippen MR) is 72.2 cm³/mol. The first kappa shape index (κ1) is 14.9. The lowest BCUT2D eigenvalue weighted by molar-refractivity contribution is 0.113. The van der Waals surface area contributed by atoms with Gasteiger partial charge in [-0.1, -0.05) is 23.2 Å². The molecule has 0 radical (unpaired) electrons. The first-order valence-corrected chi connectivity index (χ1v) is 6.84. The van der Waals surface area contributed by atoms with Crippen LogP contribution in [-0.4, -0.2) is 40.2 Å². The van der Waals surface area contributed by atoms with Crippen LogP contribution in [-0.2, 0) is 0 Å². The summed E-state index contributed by atoms with van der Waals surface area (Å²) in [5, 5.41) is 22.5. The van der Waals surface area contributed by atoms with Gasteiger partial charge in [-0.05, 0) is 13.0 Å². The summed E-state index contributed by atoms with van der Waals surface area (Å²) in [4.78, 5) is 4.26. The molecule has 3 N–H and O–H groups in total. The van der Waals surface area contributed by atoms with Crippen molar-refractivity contribution in [2.24, 2.45) is 0 Å². The molecule has 0 aliphatic rings. The van der Waals surface area contributed by atoms with E-state index in [9.17, 15) is 5.11 Å². The fourth-order valence-electron chi connectivity index (χ4n) is 1.07. The molecule has 96 valence electrons. The number of pyridine rings is 1. The van der Waals surface area contributed by atoms with Crippen molar-refractivity contribution in [1.82, 2.24) is 4.98 Å². The first-order valence-electron chi connectivity index (χ1n) is 5.10. The highest BCUT2D eigenvalue weighted by atomic mass is 35.5. The third kappa shape index (κ3) is 4.52. The average Bonchev–Trinajstić information content (AvgIpc) is 2.30. The fourth-order valence-corrected chi connectivity index (χ4v) is 2.47. The van der Waals surface area contributed by atoms with Crippen LogP contribution < -0.4 is 5.32 Å². The average molecular weight is 297 g/mol. The topological polar surface area (TPSA) is 65.4 Å². The second-order valence-corrected chi connectivity index (χ2v) is 5.11. The molecule has 1 aromatic heterocycles. The number of aliphatic hydroxyl groups excluding tert-OH is 2. The highest BCUT2D eigenvalue weighted by Gasteiger charge is 2.11. The summed E-state index contributed by atoms with van der Waals surface area (Å²) in [6.45, 7) is 2.37. The van der Waals surface area contributed by atoms with Gasteiger partial charge in [0.15, 0.2) is 0 Å². The van der Waals surface area contributed by atoms with Gasteiger partial charge in [-0.3, -0.25) is 0 Å². The molecule has 0 aliphatic carbocycles. The molecular weight excluding hydrogens is 283 g/mol. The van der Waals surface area contributed by atoms with Crippen molar-refractivity contribution in [3.8, 4) is 0 Å². The molecule has 1 heterocycles. The second-order valence-electron chi connectivity index (χ2n) is 3.28. The van der Waals surface area contributed by atoms with E-state index in [2.05, 4.69) is 10.3 Å².